The summed E-state index contributed by atoms with van der Waals surface area (Å²) in [4.78, 5) is 26.4. The quantitative estimate of drug-likeness (QED) is 0.896. The van der Waals surface area contributed by atoms with Gasteiger partial charge in [0.15, 0.2) is 6.10 Å². The summed E-state index contributed by atoms with van der Waals surface area (Å²) in [7, 11) is 0. The second-order valence-corrected chi connectivity index (χ2v) is 6.11. The maximum absolute atomic E-state index is 12.5. The molecule has 3 rings (SSSR count). The van der Waals surface area contributed by atoms with Crippen LogP contribution in [0.25, 0.3) is 0 Å². The number of hydrogen-bond donors (Lipinski definition) is 2. The summed E-state index contributed by atoms with van der Waals surface area (Å²) in [5.74, 6) is 0.0485. The summed E-state index contributed by atoms with van der Waals surface area (Å²) in [6, 6.07) is 14.4. The van der Waals surface area contributed by atoms with Gasteiger partial charge in [-0.2, -0.15) is 0 Å². The monoisotopic (exact) mass is 339 g/mol. The molecule has 0 fully saturated rings. The molecule has 2 unspecified atom stereocenters. The molecule has 0 saturated carbocycles. The van der Waals surface area contributed by atoms with Gasteiger partial charge >= 0.3 is 0 Å². The van der Waals surface area contributed by atoms with E-state index in [1.165, 1.54) is 4.90 Å². The van der Waals surface area contributed by atoms with Crippen LogP contribution in [-0.2, 0) is 9.59 Å². The molecule has 0 spiro atoms. The van der Waals surface area contributed by atoms with E-state index in [0.29, 0.717) is 17.1 Å². The Kier molecular flexibility index (Phi) is 4.72. The van der Waals surface area contributed by atoms with Gasteiger partial charge in [-0.3, -0.25) is 14.5 Å². The van der Waals surface area contributed by atoms with Crippen LogP contribution in [0, 0.1) is 0 Å². The maximum Gasteiger partial charge on any atom is 0.268 e. The lowest BCUT2D eigenvalue weighted by Crippen LogP contribution is -2.47. The Bertz CT molecular complexity index is 790. The van der Waals surface area contributed by atoms with Crippen molar-refractivity contribution in [3.63, 3.8) is 0 Å². The van der Waals surface area contributed by atoms with Gasteiger partial charge < -0.3 is 15.8 Å². The van der Waals surface area contributed by atoms with Crippen LogP contribution in [-0.4, -0.2) is 24.5 Å². The molecule has 3 N–H and O–H groups in total. The second-order valence-electron chi connectivity index (χ2n) is 6.11. The van der Waals surface area contributed by atoms with Crippen molar-refractivity contribution in [2.45, 2.75) is 26.0 Å². The fourth-order valence-corrected chi connectivity index (χ4v) is 2.74. The van der Waals surface area contributed by atoms with E-state index >= 15 is 0 Å². The van der Waals surface area contributed by atoms with Gasteiger partial charge in [0.25, 0.3) is 5.91 Å². The molecule has 2 amide bonds. The molecule has 2 aromatic carbocycles. The molecule has 1 heterocycles. The number of nitrogens with two attached hydrogens (primary N) is 1. The van der Waals surface area contributed by atoms with E-state index < -0.39 is 6.10 Å². The number of nitrogens with one attached hydrogen (secondary N) is 1. The van der Waals surface area contributed by atoms with Gasteiger partial charge in [0.2, 0.25) is 5.91 Å². The van der Waals surface area contributed by atoms with E-state index in [4.69, 9.17) is 10.5 Å². The molecule has 0 aliphatic carbocycles. The summed E-state index contributed by atoms with van der Waals surface area (Å²) in [5, 5.41) is 2.79. The molecule has 0 saturated heterocycles. The van der Waals surface area contributed by atoms with Gasteiger partial charge in [-0.15, -0.1) is 0 Å². The average molecular weight is 339 g/mol. The highest BCUT2D eigenvalue weighted by molar-refractivity contribution is 6.06. The van der Waals surface area contributed by atoms with Crippen LogP contribution >= 0.6 is 0 Å². The number of nitrogens with zero attached hydrogens (tertiary/aromatic N) is 1. The summed E-state index contributed by atoms with van der Waals surface area (Å²) >= 11 is 0. The van der Waals surface area contributed by atoms with Crippen molar-refractivity contribution in [1.29, 1.82) is 0 Å². The molecule has 1 aliphatic heterocycles. The van der Waals surface area contributed by atoms with Gasteiger partial charge in [-0.1, -0.05) is 24.3 Å². The number of ether oxygens (including phenoxy) is 1. The molecule has 0 bridgehead atoms. The highest BCUT2D eigenvalue weighted by Crippen LogP contribution is 2.35. The Hall–Kier alpha value is -2.86. The zero-order valence-electron chi connectivity index (χ0n) is 14.2. The Morgan fingerprint density at radius 3 is 2.68 bits per heavy atom. The van der Waals surface area contributed by atoms with Crippen LogP contribution in [0.5, 0.6) is 5.75 Å². The van der Waals surface area contributed by atoms with Crippen molar-refractivity contribution >= 4 is 23.2 Å². The summed E-state index contributed by atoms with van der Waals surface area (Å²) in [6.07, 6.45) is -0.641. The SMILES string of the molecule is CC1Oc2ccc(C(C)N)cc2N(CC(=O)Nc2ccccc2)C1=O. The Morgan fingerprint density at radius 2 is 2.00 bits per heavy atom. The number of rotatable bonds is 4. The van der Waals surface area contributed by atoms with Crippen LogP contribution in [0.4, 0.5) is 11.4 Å². The van der Waals surface area contributed by atoms with E-state index in [1.807, 2.05) is 31.2 Å². The normalized spacial score (nSPS) is 17.5. The lowest BCUT2D eigenvalue weighted by atomic mass is 10.1. The Balaban J connectivity index is 1.86. The summed E-state index contributed by atoms with van der Waals surface area (Å²) in [5.41, 5.74) is 8.06. The molecule has 0 radical (unpaired) electrons. The van der Waals surface area contributed by atoms with Gasteiger partial charge in [0, 0.05) is 11.7 Å². The van der Waals surface area contributed by atoms with E-state index in [1.54, 1.807) is 31.2 Å². The van der Waals surface area contributed by atoms with Crippen LogP contribution in [0.1, 0.15) is 25.5 Å². The van der Waals surface area contributed by atoms with Gasteiger partial charge in [0.05, 0.1) is 5.69 Å². The molecule has 130 valence electrons. The third-order valence-electron chi connectivity index (χ3n) is 4.08. The lowest BCUT2D eigenvalue weighted by molar-refractivity contribution is -0.127. The smallest absolute Gasteiger partial charge is 0.268 e. The Morgan fingerprint density at radius 1 is 1.28 bits per heavy atom. The molecule has 6 nitrogen and oxygen atoms in total. The summed E-state index contributed by atoms with van der Waals surface area (Å²) in [6.45, 7) is 3.45. The van der Waals surface area contributed by atoms with Crippen molar-refractivity contribution < 1.29 is 14.3 Å². The van der Waals surface area contributed by atoms with E-state index in [-0.39, 0.29) is 24.4 Å². The highest BCUT2D eigenvalue weighted by Gasteiger charge is 2.33. The zero-order valence-corrected chi connectivity index (χ0v) is 14.2. The number of anilines is 2. The van der Waals surface area contributed by atoms with Crippen molar-refractivity contribution in [3.8, 4) is 5.75 Å². The van der Waals surface area contributed by atoms with Gasteiger partial charge in [-0.05, 0) is 43.7 Å². The van der Waals surface area contributed by atoms with E-state index in [2.05, 4.69) is 5.32 Å². The van der Waals surface area contributed by atoms with Crippen LogP contribution in [0.3, 0.4) is 0 Å². The van der Waals surface area contributed by atoms with Crippen LogP contribution in [0.2, 0.25) is 0 Å². The summed E-state index contributed by atoms with van der Waals surface area (Å²) < 4.78 is 5.65. The molecule has 2 atom stereocenters. The first kappa shape index (κ1) is 17.0. The first-order chi connectivity index (χ1) is 12.0. The standard InChI is InChI=1S/C19H21N3O3/c1-12(20)14-8-9-17-16(10-14)22(19(24)13(2)25-17)11-18(23)21-15-6-4-3-5-7-15/h3-10,12-13H,11,20H2,1-2H3,(H,21,23). The first-order valence-electron chi connectivity index (χ1n) is 8.18. The predicted molar refractivity (Wildman–Crippen MR) is 96.6 cm³/mol. The zero-order chi connectivity index (χ0) is 18.0. The van der Waals surface area contributed by atoms with Gasteiger partial charge in [-0.25, -0.2) is 0 Å². The van der Waals surface area contributed by atoms with Gasteiger partial charge in [0.1, 0.15) is 12.3 Å². The van der Waals surface area contributed by atoms with Crippen molar-refractivity contribution in [1.82, 2.24) is 0 Å². The minimum absolute atomic E-state index is 0.0865. The number of fused-ring (bicyclic) bond motifs is 1. The largest absolute Gasteiger partial charge is 0.479 e. The molecule has 0 aromatic heterocycles. The van der Waals surface area contributed by atoms with E-state index in [0.717, 1.165) is 5.56 Å². The molecule has 25 heavy (non-hydrogen) atoms. The molecule has 1 aliphatic rings. The molecular formula is C19H21N3O3. The van der Waals surface area contributed by atoms with E-state index in [9.17, 15) is 9.59 Å². The number of benzene rings is 2. The predicted octanol–water partition coefficient (Wildman–Crippen LogP) is 2.46. The number of carbonyl (C=O) groups is 2. The first-order valence-corrected chi connectivity index (χ1v) is 8.18. The minimum atomic E-state index is -0.641. The van der Waals surface area contributed by atoms with Crippen molar-refractivity contribution in [2.75, 3.05) is 16.8 Å². The number of amides is 2. The fraction of sp³-hybridized carbons (Fsp3) is 0.263. The third-order valence-corrected chi connectivity index (χ3v) is 4.08. The number of hydrogen-bond acceptors (Lipinski definition) is 4. The van der Waals surface area contributed by atoms with Crippen LogP contribution < -0.4 is 20.7 Å². The lowest BCUT2D eigenvalue weighted by Gasteiger charge is -2.33. The van der Waals surface area contributed by atoms with Crippen LogP contribution in [0.15, 0.2) is 48.5 Å². The molecule has 2 aromatic rings. The number of para-hydroxylation sites is 1. The molecular weight excluding hydrogens is 318 g/mol. The molecule has 6 heteroatoms. The topological polar surface area (TPSA) is 84.7 Å². The van der Waals surface area contributed by atoms with Crippen molar-refractivity contribution in [3.05, 3.63) is 54.1 Å². The Labute approximate surface area is 146 Å². The maximum atomic E-state index is 12.5. The second kappa shape index (κ2) is 6.94. The average Bonchev–Trinajstić information content (AvgIpc) is 2.59. The highest BCUT2D eigenvalue weighted by atomic mass is 16.5. The third kappa shape index (κ3) is 3.64. The minimum Gasteiger partial charge on any atom is -0.479 e. The fourth-order valence-electron chi connectivity index (χ4n) is 2.74. The van der Waals surface area contributed by atoms with Crippen molar-refractivity contribution in [2.24, 2.45) is 5.73 Å². The number of carbonyl (C=O) groups excluding carboxylic acids is 2.